The Bertz CT molecular complexity index is 1550. The fourth-order valence-corrected chi connectivity index (χ4v) is 4.10. The largest absolute Gasteiger partial charge is 0.489 e. The second-order valence-electron chi connectivity index (χ2n) is 8.34. The van der Waals surface area contributed by atoms with E-state index in [1.165, 1.54) is 0 Å². The molecule has 1 heterocycles. The molecule has 1 N–H and O–H groups in total. The van der Waals surface area contributed by atoms with Gasteiger partial charge in [-0.15, -0.1) is 0 Å². The van der Waals surface area contributed by atoms with E-state index < -0.39 is 5.91 Å². The number of amides is 1. The Hall–Kier alpha value is -4.78. The van der Waals surface area contributed by atoms with Crippen LogP contribution in [0.15, 0.2) is 84.4 Å². The lowest BCUT2D eigenvalue weighted by molar-refractivity contribution is -0.112. The Morgan fingerprint density at radius 2 is 1.73 bits per heavy atom. The van der Waals surface area contributed by atoms with Gasteiger partial charge in [0.15, 0.2) is 0 Å². The lowest BCUT2D eigenvalue weighted by Crippen LogP contribution is -2.13. The lowest BCUT2D eigenvalue weighted by atomic mass is 10.1. The van der Waals surface area contributed by atoms with Crippen LogP contribution in [0, 0.1) is 36.5 Å². The second kappa shape index (κ2) is 11.3. The minimum Gasteiger partial charge on any atom is -0.489 e. The van der Waals surface area contributed by atoms with Crippen LogP contribution in [0.5, 0.6) is 5.75 Å². The molecule has 7 heteroatoms. The number of nitrogens with one attached hydrogen (secondary N) is 1. The van der Waals surface area contributed by atoms with Crippen molar-refractivity contribution < 1.29 is 9.53 Å². The molecule has 0 spiro atoms. The third-order valence-electron chi connectivity index (χ3n) is 5.86. The summed E-state index contributed by atoms with van der Waals surface area (Å²) in [6.07, 6.45) is 1.59. The van der Waals surface area contributed by atoms with Crippen molar-refractivity contribution in [3.05, 3.63) is 118 Å². The molecule has 182 valence electrons. The van der Waals surface area contributed by atoms with Gasteiger partial charge < -0.3 is 14.6 Å². The van der Waals surface area contributed by atoms with E-state index in [1.807, 2.05) is 73.0 Å². The standard InChI is InChI=1S/C30H23ClN4O2/c1-20-15-24(16-25(18-33)30(36)34-27-9-7-26(31)8-10-27)21(2)35(20)28-11-13-29(14-12-28)37-19-23-6-4-3-5-22(23)17-32/h3-16H,19H2,1-2H3,(H,34,36)/b25-16-. The Morgan fingerprint density at radius 3 is 2.41 bits per heavy atom. The fraction of sp³-hybridized carbons (Fsp3) is 0.100. The molecule has 0 fully saturated rings. The number of rotatable bonds is 7. The summed E-state index contributed by atoms with van der Waals surface area (Å²) in [5.74, 6) is 0.193. The normalized spacial score (nSPS) is 10.9. The summed E-state index contributed by atoms with van der Waals surface area (Å²) in [4.78, 5) is 12.7. The molecular formula is C30H23ClN4O2. The molecule has 0 unspecified atom stereocenters. The number of aryl methyl sites for hydroxylation is 1. The van der Waals surface area contributed by atoms with E-state index in [0.29, 0.717) is 28.6 Å². The van der Waals surface area contributed by atoms with E-state index in [1.54, 1.807) is 36.4 Å². The Balaban J connectivity index is 1.51. The minimum atomic E-state index is -0.492. The van der Waals surface area contributed by atoms with Crippen LogP contribution in [-0.2, 0) is 11.4 Å². The Labute approximate surface area is 220 Å². The zero-order chi connectivity index (χ0) is 26.4. The van der Waals surface area contributed by atoms with Crippen molar-refractivity contribution in [2.45, 2.75) is 20.5 Å². The van der Waals surface area contributed by atoms with E-state index in [9.17, 15) is 15.3 Å². The van der Waals surface area contributed by atoms with Crippen LogP contribution in [-0.4, -0.2) is 10.5 Å². The van der Waals surface area contributed by atoms with Crippen molar-refractivity contribution in [2.24, 2.45) is 0 Å². The molecule has 0 aliphatic carbocycles. The maximum atomic E-state index is 12.7. The zero-order valence-electron chi connectivity index (χ0n) is 20.3. The summed E-state index contributed by atoms with van der Waals surface area (Å²) >= 11 is 5.90. The summed E-state index contributed by atoms with van der Waals surface area (Å²) in [6.45, 7) is 4.20. The molecule has 37 heavy (non-hydrogen) atoms. The van der Waals surface area contributed by atoms with Gasteiger partial charge >= 0.3 is 0 Å². The first-order valence-electron chi connectivity index (χ1n) is 11.5. The molecule has 0 aliphatic heterocycles. The number of hydrogen-bond acceptors (Lipinski definition) is 4. The molecule has 4 rings (SSSR count). The molecule has 4 aromatic rings. The molecule has 0 atom stereocenters. The number of carbonyl (C=O) groups is 1. The van der Waals surface area contributed by atoms with Crippen LogP contribution in [0.3, 0.4) is 0 Å². The number of nitrogens with zero attached hydrogens (tertiary/aromatic N) is 3. The summed E-state index contributed by atoms with van der Waals surface area (Å²) in [7, 11) is 0. The number of carbonyl (C=O) groups excluding carboxylic acids is 1. The highest BCUT2D eigenvalue weighted by Crippen LogP contribution is 2.25. The molecule has 1 aromatic heterocycles. The molecule has 3 aromatic carbocycles. The van der Waals surface area contributed by atoms with Crippen LogP contribution >= 0.6 is 11.6 Å². The molecule has 6 nitrogen and oxygen atoms in total. The van der Waals surface area contributed by atoms with E-state index in [0.717, 1.165) is 28.2 Å². The van der Waals surface area contributed by atoms with E-state index in [2.05, 4.69) is 11.4 Å². The van der Waals surface area contributed by atoms with E-state index >= 15 is 0 Å². The van der Waals surface area contributed by atoms with E-state index in [-0.39, 0.29) is 5.57 Å². The molecule has 0 saturated heterocycles. The SMILES string of the molecule is Cc1cc(/C=C(/C#N)C(=O)Nc2ccc(Cl)cc2)c(C)n1-c1ccc(OCc2ccccc2C#N)cc1. The first-order valence-corrected chi connectivity index (χ1v) is 11.9. The third kappa shape index (κ3) is 5.90. The fourth-order valence-electron chi connectivity index (χ4n) is 3.97. The van der Waals surface area contributed by atoms with Crippen LogP contribution in [0.2, 0.25) is 5.02 Å². The van der Waals surface area contributed by atoms with Crippen molar-refractivity contribution in [2.75, 3.05) is 5.32 Å². The molecular weight excluding hydrogens is 484 g/mol. The van der Waals surface area contributed by atoms with Crippen molar-refractivity contribution in [3.8, 4) is 23.6 Å². The summed E-state index contributed by atoms with van der Waals surface area (Å²) in [6, 6.07) is 27.8. The van der Waals surface area contributed by atoms with Crippen molar-refractivity contribution in [1.82, 2.24) is 4.57 Å². The van der Waals surface area contributed by atoms with Crippen molar-refractivity contribution in [1.29, 1.82) is 10.5 Å². The first-order chi connectivity index (χ1) is 17.9. The van der Waals surface area contributed by atoms with Crippen molar-refractivity contribution in [3.63, 3.8) is 0 Å². The summed E-state index contributed by atoms with van der Waals surface area (Å²) < 4.78 is 7.93. The quantitative estimate of drug-likeness (QED) is 0.222. The smallest absolute Gasteiger partial charge is 0.266 e. The number of hydrogen-bond donors (Lipinski definition) is 1. The van der Waals surface area contributed by atoms with Gasteiger partial charge in [0.25, 0.3) is 5.91 Å². The Morgan fingerprint density at radius 1 is 1.03 bits per heavy atom. The van der Waals surface area contributed by atoms with Gasteiger partial charge in [-0.1, -0.05) is 29.8 Å². The first kappa shape index (κ1) is 25.3. The molecule has 1 amide bonds. The average molecular weight is 507 g/mol. The van der Waals surface area contributed by atoms with Gasteiger partial charge in [-0.3, -0.25) is 4.79 Å². The highest BCUT2D eigenvalue weighted by Gasteiger charge is 2.14. The summed E-state index contributed by atoms with van der Waals surface area (Å²) in [5, 5.41) is 22.2. The number of nitriles is 2. The second-order valence-corrected chi connectivity index (χ2v) is 8.78. The topological polar surface area (TPSA) is 90.8 Å². The minimum absolute atomic E-state index is 0.00315. The predicted octanol–water partition coefficient (Wildman–Crippen LogP) is 6.74. The van der Waals surface area contributed by atoms with Crippen molar-refractivity contribution >= 4 is 29.3 Å². The number of ether oxygens (including phenoxy) is 1. The van der Waals surface area contributed by atoms with Crippen LogP contribution < -0.4 is 10.1 Å². The molecule has 0 saturated carbocycles. The third-order valence-corrected chi connectivity index (χ3v) is 6.12. The maximum absolute atomic E-state index is 12.7. The van der Waals surface area contributed by atoms with Gasteiger partial charge in [-0.2, -0.15) is 10.5 Å². The van der Waals surface area contributed by atoms with Gasteiger partial charge in [0.2, 0.25) is 0 Å². The lowest BCUT2D eigenvalue weighted by Gasteiger charge is -2.12. The summed E-state index contributed by atoms with van der Waals surface area (Å²) in [5.41, 5.74) is 5.51. The number of halogens is 1. The van der Waals surface area contributed by atoms with Crippen LogP contribution in [0.25, 0.3) is 11.8 Å². The van der Waals surface area contributed by atoms with Gasteiger partial charge in [0.05, 0.1) is 11.6 Å². The maximum Gasteiger partial charge on any atom is 0.266 e. The average Bonchev–Trinajstić information content (AvgIpc) is 3.19. The highest BCUT2D eigenvalue weighted by molar-refractivity contribution is 6.30. The van der Waals surface area contributed by atoms with Crippen LogP contribution in [0.4, 0.5) is 5.69 Å². The van der Waals surface area contributed by atoms with Gasteiger partial charge in [-0.05, 0) is 86.2 Å². The highest BCUT2D eigenvalue weighted by atomic mass is 35.5. The predicted molar refractivity (Wildman–Crippen MR) is 144 cm³/mol. The van der Waals surface area contributed by atoms with Gasteiger partial charge in [0.1, 0.15) is 24.0 Å². The number of benzene rings is 3. The van der Waals surface area contributed by atoms with Gasteiger partial charge in [-0.25, -0.2) is 0 Å². The molecule has 0 aliphatic rings. The zero-order valence-corrected chi connectivity index (χ0v) is 21.1. The van der Waals surface area contributed by atoms with E-state index in [4.69, 9.17) is 16.3 Å². The van der Waals surface area contributed by atoms with Crippen LogP contribution in [0.1, 0.15) is 28.1 Å². The monoisotopic (exact) mass is 506 g/mol. The molecule has 0 radical (unpaired) electrons. The Kier molecular flexibility index (Phi) is 7.74. The number of anilines is 1. The number of aromatic nitrogens is 1. The van der Waals surface area contributed by atoms with Gasteiger partial charge in [0, 0.05) is 33.3 Å². The molecule has 0 bridgehead atoms.